The van der Waals surface area contributed by atoms with Crippen LogP contribution in [0.15, 0.2) is 36.4 Å². The minimum Gasteiger partial charge on any atom is -0.497 e. The molecule has 3 rings (SSSR count). The first-order valence-electron chi connectivity index (χ1n) is 15.5. The van der Waals surface area contributed by atoms with E-state index >= 15 is 0 Å². The number of hydrogen-bond acceptors (Lipinski definition) is 7. The number of methoxy groups -OCH3 is 1. The molecule has 1 aliphatic heterocycles. The Morgan fingerprint density at radius 3 is 2.11 bits per heavy atom. The molecular weight excluding hydrogens is 578 g/mol. The first kappa shape index (κ1) is 35.0. The number of ether oxygens (including phenoxy) is 1. The van der Waals surface area contributed by atoms with E-state index in [1.54, 1.807) is 37.5 Å². The van der Waals surface area contributed by atoms with Crippen molar-refractivity contribution in [3.63, 3.8) is 0 Å². The molecule has 4 N–H and O–H groups in total. The molecule has 1 fully saturated rings. The van der Waals surface area contributed by atoms with E-state index in [-0.39, 0.29) is 42.7 Å². The molecule has 0 saturated carbocycles. The minimum absolute atomic E-state index is 0.0579. The predicted molar refractivity (Wildman–Crippen MR) is 173 cm³/mol. The number of rotatable bonds is 9. The van der Waals surface area contributed by atoms with Crippen molar-refractivity contribution in [1.29, 1.82) is 0 Å². The van der Waals surface area contributed by atoms with Crippen LogP contribution in [0, 0.1) is 11.8 Å². The van der Waals surface area contributed by atoms with Crippen molar-refractivity contribution in [1.82, 2.24) is 26.2 Å². The van der Waals surface area contributed by atoms with Crippen LogP contribution < -0.4 is 26.0 Å². The predicted octanol–water partition coefficient (Wildman–Crippen LogP) is 3.04. The number of hydrogen-bond donors (Lipinski definition) is 4. The SMILES string of the molecule is CCc1ccc(CN2CC(=O)N[C@@H](CC(C)C)C(=O)N[C@@H](Cc3ccc(OC)cc3)C(=O)N[C@H](C)C(=O)N[C@@H](C(C)C)C2)s1. The van der Waals surface area contributed by atoms with Gasteiger partial charge < -0.3 is 26.0 Å². The number of amides is 4. The fraction of sp³-hybridized carbons (Fsp3) is 0.576. The van der Waals surface area contributed by atoms with Gasteiger partial charge in [0.25, 0.3) is 0 Å². The Balaban J connectivity index is 1.94. The minimum atomic E-state index is -0.966. The summed E-state index contributed by atoms with van der Waals surface area (Å²) in [5, 5.41) is 11.7. The van der Waals surface area contributed by atoms with E-state index in [1.165, 1.54) is 4.88 Å². The molecule has 1 aliphatic rings. The Labute approximate surface area is 265 Å². The number of aryl methyl sites for hydroxylation is 1. The molecule has 0 aliphatic carbocycles. The third-order valence-electron chi connectivity index (χ3n) is 7.74. The Hall–Kier alpha value is -3.44. The van der Waals surface area contributed by atoms with Gasteiger partial charge in [-0.2, -0.15) is 0 Å². The molecule has 1 aromatic carbocycles. The van der Waals surface area contributed by atoms with Gasteiger partial charge in [0, 0.05) is 35.3 Å². The van der Waals surface area contributed by atoms with Gasteiger partial charge >= 0.3 is 0 Å². The molecule has 1 saturated heterocycles. The smallest absolute Gasteiger partial charge is 0.243 e. The molecule has 1 aromatic heterocycles. The monoisotopic (exact) mass is 627 g/mol. The van der Waals surface area contributed by atoms with Crippen molar-refractivity contribution in [3.05, 3.63) is 51.7 Å². The van der Waals surface area contributed by atoms with E-state index in [2.05, 4.69) is 40.3 Å². The maximum absolute atomic E-state index is 13.7. The lowest BCUT2D eigenvalue weighted by Gasteiger charge is -2.31. The van der Waals surface area contributed by atoms with Gasteiger partial charge in [0.05, 0.1) is 13.7 Å². The average Bonchev–Trinajstić information content (AvgIpc) is 3.42. The van der Waals surface area contributed by atoms with Crippen LogP contribution in [-0.4, -0.2) is 72.9 Å². The molecule has 11 heteroatoms. The number of benzene rings is 1. The summed E-state index contributed by atoms with van der Waals surface area (Å²) in [5.41, 5.74) is 0.807. The van der Waals surface area contributed by atoms with Gasteiger partial charge in [-0.3, -0.25) is 24.1 Å². The van der Waals surface area contributed by atoms with Crippen LogP contribution >= 0.6 is 11.3 Å². The van der Waals surface area contributed by atoms with E-state index < -0.39 is 29.9 Å². The van der Waals surface area contributed by atoms with Gasteiger partial charge in [-0.05, 0) is 61.4 Å². The molecule has 0 bridgehead atoms. The average molecular weight is 628 g/mol. The molecule has 242 valence electrons. The van der Waals surface area contributed by atoms with Crippen LogP contribution in [0.25, 0.3) is 0 Å². The van der Waals surface area contributed by atoms with E-state index in [1.807, 2.05) is 44.7 Å². The maximum Gasteiger partial charge on any atom is 0.243 e. The largest absolute Gasteiger partial charge is 0.497 e. The van der Waals surface area contributed by atoms with Crippen molar-refractivity contribution in [2.75, 3.05) is 20.2 Å². The van der Waals surface area contributed by atoms with Crippen LogP contribution in [0.3, 0.4) is 0 Å². The number of carbonyl (C=O) groups excluding carboxylic acids is 4. The topological polar surface area (TPSA) is 129 Å². The molecule has 0 radical (unpaired) electrons. The first-order valence-corrected chi connectivity index (χ1v) is 16.3. The van der Waals surface area contributed by atoms with Crippen molar-refractivity contribution in [2.45, 2.75) is 91.5 Å². The third-order valence-corrected chi connectivity index (χ3v) is 8.96. The zero-order chi connectivity index (χ0) is 32.4. The van der Waals surface area contributed by atoms with Gasteiger partial charge in [-0.25, -0.2) is 0 Å². The Morgan fingerprint density at radius 2 is 1.52 bits per heavy atom. The Bertz CT molecular complexity index is 1260. The highest BCUT2D eigenvalue weighted by atomic mass is 32.1. The lowest BCUT2D eigenvalue weighted by atomic mass is 10.0. The van der Waals surface area contributed by atoms with Crippen LogP contribution in [0.1, 0.15) is 63.3 Å². The van der Waals surface area contributed by atoms with Gasteiger partial charge in [-0.15, -0.1) is 11.3 Å². The van der Waals surface area contributed by atoms with Crippen molar-refractivity contribution >= 4 is 35.0 Å². The molecule has 10 nitrogen and oxygen atoms in total. The van der Waals surface area contributed by atoms with Crippen LogP contribution in [0.2, 0.25) is 0 Å². The summed E-state index contributed by atoms with van der Waals surface area (Å²) < 4.78 is 5.24. The zero-order valence-corrected chi connectivity index (χ0v) is 27.9. The highest BCUT2D eigenvalue weighted by Gasteiger charge is 2.31. The van der Waals surface area contributed by atoms with E-state index in [0.29, 0.717) is 25.3 Å². The molecule has 0 spiro atoms. The number of carbonyl (C=O) groups is 4. The summed E-state index contributed by atoms with van der Waals surface area (Å²) in [7, 11) is 1.57. The van der Waals surface area contributed by atoms with Gasteiger partial charge in [0.15, 0.2) is 0 Å². The van der Waals surface area contributed by atoms with Crippen LogP contribution in [0.4, 0.5) is 0 Å². The highest BCUT2D eigenvalue weighted by molar-refractivity contribution is 7.11. The molecule has 2 aromatic rings. The summed E-state index contributed by atoms with van der Waals surface area (Å²) in [6.45, 7) is 12.8. The quantitative estimate of drug-likeness (QED) is 0.339. The number of thiophene rings is 1. The van der Waals surface area contributed by atoms with Crippen LogP contribution in [-0.2, 0) is 38.6 Å². The molecule has 4 atom stereocenters. The molecule has 2 heterocycles. The van der Waals surface area contributed by atoms with E-state index in [9.17, 15) is 19.2 Å². The second-order valence-electron chi connectivity index (χ2n) is 12.3. The summed E-state index contributed by atoms with van der Waals surface area (Å²) in [6, 6.07) is 8.51. The van der Waals surface area contributed by atoms with Crippen molar-refractivity contribution in [2.24, 2.45) is 11.8 Å². The second kappa shape index (κ2) is 16.6. The van der Waals surface area contributed by atoms with Crippen molar-refractivity contribution < 1.29 is 23.9 Å². The number of nitrogens with one attached hydrogen (secondary N) is 4. The second-order valence-corrected chi connectivity index (χ2v) is 13.6. The van der Waals surface area contributed by atoms with Gasteiger partial charge in [0.1, 0.15) is 23.9 Å². The maximum atomic E-state index is 13.7. The zero-order valence-electron chi connectivity index (χ0n) is 27.1. The Kier molecular flexibility index (Phi) is 13.2. The summed E-state index contributed by atoms with van der Waals surface area (Å²) in [4.78, 5) is 58.4. The Morgan fingerprint density at radius 1 is 0.864 bits per heavy atom. The molecular formula is C33H49N5O5S. The van der Waals surface area contributed by atoms with Gasteiger partial charge in [0.2, 0.25) is 23.6 Å². The lowest BCUT2D eigenvalue weighted by molar-refractivity contribution is -0.133. The standard InChI is InChI=1S/C33H49N5O5S/c1-8-25-13-14-26(44-25)17-38-18-29(21(4)5)37-31(40)22(6)34-32(41)28(16-23-9-11-24(43-7)12-10-23)36-33(42)27(15-20(2)3)35-30(39)19-38/h9-14,20-22,27-29H,8,15-19H2,1-7H3,(H,34,41)(H,35,39)(H,36,42)(H,37,40)/t22-,27+,28+,29-/m1/s1. The highest BCUT2D eigenvalue weighted by Crippen LogP contribution is 2.20. The van der Waals surface area contributed by atoms with Crippen molar-refractivity contribution in [3.8, 4) is 5.75 Å². The normalized spacial score (nSPS) is 22.9. The number of nitrogens with zero attached hydrogens (tertiary/aromatic N) is 1. The third kappa shape index (κ3) is 10.6. The first-order chi connectivity index (χ1) is 20.9. The fourth-order valence-corrected chi connectivity index (χ4v) is 6.12. The fourth-order valence-electron chi connectivity index (χ4n) is 5.12. The summed E-state index contributed by atoms with van der Waals surface area (Å²) in [6.07, 6.45) is 1.54. The molecule has 44 heavy (non-hydrogen) atoms. The van der Waals surface area contributed by atoms with E-state index in [4.69, 9.17) is 4.74 Å². The molecule has 4 amide bonds. The van der Waals surface area contributed by atoms with Crippen LogP contribution in [0.5, 0.6) is 5.75 Å². The lowest BCUT2D eigenvalue weighted by Crippen LogP contribution is -2.57. The van der Waals surface area contributed by atoms with Gasteiger partial charge in [-0.1, -0.05) is 46.8 Å². The summed E-state index contributed by atoms with van der Waals surface area (Å²) >= 11 is 1.71. The summed E-state index contributed by atoms with van der Waals surface area (Å²) in [5.74, 6) is -0.674. The molecule has 0 unspecified atom stereocenters. The van der Waals surface area contributed by atoms with E-state index in [0.717, 1.165) is 16.9 Å².